The average molecular weight is 334 g/mol. The Bertz CT molecular complexity index is 646. The van der Waals surface area contributed by atoms with Crippen molar-refractivity contribution in [1.82, 2.24) is 14.5 Å². The zero-order valence-corrected chi connectivity index (χ0v) is 14.6. The number of halogens is 1. The minimum Gasteiger partial charge on any atom is -0.378 e. The predicted molar refractivity (Wildman–Crippen MR) is 96.4 cm³/mol. The quantitative estimate of drug-likeness (QED) is 0.912. The van der Waals surface area contributed by atoms with Gasteiger partial charge in [0.1, 0.15) is 0 Å². The summed E-state index contributed by atoms with van der Waals surface area (Å²) in [6.07, 6.45) is 1.80. The van der Waals surface area contributed by atoms with Crippen LogP contribution in [0.25, 0.3) is 0 Å². The predicted octanol–water partition coefficient (Wildman–Crippen LogP) is 2.92. The van der Waals surface area contributed by atoms with E-state index in [0.29, 0.717) is 11.7 Å². The fraction of sp³-hybridized carbons (Fsp3) is 0.471. The van der Waals surface area contributed by atoms with Crippen LogP contribution >= 0.6 is 11.6 Å². The van der Waals surface area contributed by atoms with Crippen molar-refractivity contribution in [3.63, 3.8) is 0 Å². The Morgan fingerprint density at radius 2 is 1.91 bits per heavy atom. The first-order chi connectivity index (χ1) is 11.2. The van der Waals surface area contributed by atoms with E-state index in [1.807, 2.05) is 0 Å². The number of anilines is 2. The first-order valence-corrected chi connectivity index (χ1v) is 8.52. The molecule has 1 N–H and O–H groups in total. The number of rotatable bonds is 5. The average Bonchev–Trinajstić information content (AvgIpc) is 2.94. The molecular weight excluding hydrogens is 310 g/mol. The molecule has 2 heterocycles. The molecule has 0 saturated carbocycles. The molecule has 124 valence electrons. The summed E-state index contributed by atoms with van der Waals surface area (Å²) in [5, 5.41) is 4.12. The van der Waals surface area contributed by atoms with E-state index < -0.39 is 0 Å². The number of imidazole rings is 1. The summed E-state index contributed by atoms with van der Waals surface area (Å²) in [5.74, 6) is 0. The number of likely N-dealkylation sites (N-methyl/N-ethyl adjacent to an activating group) is 1. The molecule has 0 amide bonds. The number of para-hydroxylation sites is 2. The van der Waals surface area contributed by atoms with Crippen molar-refractivity contribution in [2.24, 2.45) is 0 Å². The van der Waals surface area contributed by atoms with Crippen molar-refractivity contribution in [2.75, 3.05) is 43.4 Å². The van der Waals surface area contributed by atoms with Crippen molar-refractivity contribution in [2.45, 2.75) is 20.0 Å². The molecule has 0 bridgehead atoms. The Balaban J connectivity index is 1.74. The molecule has 0 atom stereocenters. The highest BCUT2D eigenvalue weighted by Crippen LogP contribution is 2.27. The fourth-order valence-corrected chi connectivity index (χ4v) is 3.17. The number of hydrogen-bond donors (Lipinski definition) is 1. The van der Waals surface area contributed by atoms with Gasteiger partial charge in [0.2, 0.25) is 0 Å². The van der Waals surface area contributed by atoms with Crippen LogP contribution in [0, 0.1) is 0 Å². The molecular formula is C17H24ClN5. The second-order valence-electron chi connectivity index (χ2n) is 5.93. The third-order valence-corrected chi connectivity index (χ3v) is 4.75. The molecule has 0 radical (unpaired) electrons. The minimum absolute atomic E-state index is 0.580. The lowest BCUT2D eigenvalue weighted by molar-refractivity contribution is 0.313. The van der Waals surface area contributed by atoms with Crippen LogP contribution in [0.1, 0.15) is 12.6 Å². The molecule has 0 aliphatic carbocycles. The molecule has 1 aromatic carbocycles. The number of benzene rings is 1. The van der Waals surface area contributed by atoms with Gasteiger partial charge in [-0.1, -0.05) is 23.7 Å². The van der Waals surface area contributed by atoms with E-state index in [-0.39, 0.29) is 0 Å². The molecule has 6 heteroatoms. The van der Waals surface area contributed by atoms with Gasteiger partial charge in [-0.2, -0.15) is 0 Å². The maximum atomic E-state index is 6.21. The van der Waals surface area contributed by atoms with Gasteiger partial charge in [0, 0.05) is 32.7 Å². The van der Waals surface area contributed by atoms with Crippen LogP contribution < -0.4 is 10.2 Å². The standard InChI is InChI=1S/C17H24ClN5/c1-3-22-13-20-17(18)16(22)12-19-14-6-4-5-7-15(14)23-10-8-21(2)9-11-23/h4-7,13,19H,3,8-12H2,1-2H3. The summed E-state index contributed by atoms with van der Waals surface area (Å²) in [5.41, 5.74) is 3.44. The van der Waals surface area contributed by atoms with Crippen LogP contribution in [-0.4, -0.2) is 47.7 Å². The van der Waals surface area contributed by atoms with E-state index in [4.69, 9.17) is 11.6 Å². The Kier molecular flexibility index (Phi) is 5.08. The number of nitrogens with zero attached hydrogens (tertiary/aromatic N) is 4. The van der Waals surface area contributed by atoms with E-state index >= 15 is 0 Å². The summed E-state index contributed by atoms with van der Waals surface area (Å²) in [6, 6.07) is 8.49. The second kappa shape index (κ2) is 7.23. The van der Waals surface area contributed by atoms with Crippen LogP contribution in [0.2, 0.25) is 5.15 Å². The van der Waals surface area contributed by atoms with Crippen LogP contribution in [0.3, 0.4) is 0 Å². The normalized spacial score (nSPS) is 15.9. The molecule has 1 aliphatic rings. The van der Waals surface area contributed by atoms with Crippen molar-refractivity contribution in [3.05, 3.63) is 41.4 Å². The highest BCUT2D eigenvalue weighted by atomic mass is 35.5. The number of aryl methyl sites for hydroxylation is 1. The monoisotopic (exact) mass is 333 g/mol. The lowest BCUT2D eigenvalue weighted by atomic mass is 10.2. The Hall–Kier alpha value is -1.72. The number of aromatic nitrogens is 2. The van der Waals surface area contributed by atoms with Crippen molar-refractivity contribution >= 4 is 23.0 Å². The van der Waals surface area contributed by atoms with Crippen LogP contribution in [0.4, 0.5) is 11.4 Å². The third kappa shape index (κ3) is 3.62. The van der Waals surface area contributed by atoms with Gasteiger partial charge in [-0.25, -0.2) is 4.98 Å². The smallest absolute Gasteiger partial charge is 0.152 e. The topological polar surface area (TPSA) is 36.3 Å². The lowest BCUT2D eigenvalue weighted by Crippen LogP contribution is -2.44. The van der Waals surface area contributed by atoms with Gasteiger partial charge in [0.05, 0.1) is 29.9 Å². The Morgan fingerprint density at radius 3 is 2.65 bits per heavy atom. The number of piperazine rings is 1. The largest absolute Gasteiger partial charge is 0.378 e. The van der Waals surface area contributed by atoms with Crippen LogP contribution in [-0.2, 0) is 13.1 Å². The molecule has 1 aliphatic heterocycles. The molecule has 5 nitrogen and oxygen atoms in total. The molecule has 1 fully saturated rings. The van der Waals surface area contributed by atoms with Gasteiger partial charge in [0.25, 0.3) is 0 Å². The lowest BCUT2D eigenvalue weighted by Gasteiger charge is -2.35. The summed E-state index contributed by atoms with van der Waals surface area (Å²) >= 11 is 6.21. The minimum atomic E-state index is 0.580. The van der Waals surface area contributed by atoms with Crippen LogP contribution in [0.5, 0.6) is 0 Å². The zero-order valence-electron chi connectivity index (χ0n) is 13.8. The first-order valence-electron chi connectivity index (χ1n) is 8.15. The summed E-state index contributed by atoms with van der Waals surface area (Å²) in [7, 11) is 2.18. The van der Waals surface area contributed by atoms with Gasteiger partial charge < -0.3 is 19.7 Å². The highest BCUT2D eigenvalue weighted by molar-refractivity contribution is 6.30. The molecule has 0 spiro atoms. The number of hydrogen-bond acceptors (Lipinski definition) is 4. The maximum Gasteiger partial charge on any atom is 0.152 e. The Morgan fingerprint density at radius 1 is 1.17 bits per heavy atom. The maximum absolute atomic E-state index is 6.21. The fourth-order valence-electron chi connectivity index (χ4n) is 2.96. The van der Waals surface area contributed by atoms with Crippen molar-refractivity contribution < 1.29 is 0 Å². The first kappa shape index (κ1) is 16.1. The molecule has 3 rings (SSSR count). The zero-order chi connectivity index (χ0) is 16.2. The summed E-state index contributed by atoms with van der Waals surface area (Å²) in [6.45, 7) is 7.96. The van der Waals surface area contributed by atoms with Crippen molar-refractivity contribution in [1.29, 1.82) is 0 Å². The molecule has 2 aromatic rings. The van der Waals surface area contributed by atoms with Gasteiger partial charge >= 0.3 is 0 Å². The highest BCUT2D eigenvalue weighted by Gasteiger charge is 2.17. The van der Waals surface area contributed by atoms with Gasteiger partial charge in [0.15, 0.2) is 5.15 Å². The SMILES string of the molecule is CCn1cnc(Cl)c1CNc1ccccc1N1CCN(C)CC1. The van der Waals surface area contributed by atoms with E-state index in [1.165, 1.54) is 5.69 Å². The van der Waals surface area contributed by atoms with E-state index in [9.17, 15) is 0 Å². The van der Waals surface area contributed by atoms with Gasteiger partial charge in [-0.15, -0.1) is 0 Å². The molecule has 0 unspecified atom stereocenters. The van der Waals surface area contributed by atoms with Crippen LogP contribution in [0.15, 0.2) is 30.6 Å². The van der Waals surface area contributed by atoms with Gasteiger partial charge in [-0.05, 0) is 26.1 Å². The summed E-state index contributed by atoms with van der Waals surface area (Å²) < 4.78 is 2.08. The molecule has 1 saturated heterocycles. The second-order valence-corrected chi connectivity index (χ2v) is 6.29. The molecule has 1 aromatic heterocycles. The van der Waals surface area contributed by atoms with E-state index in [2.05, 4.69) is 62.9 Å². The van der Waals surface area contributed by atoms with Gasteiger partial charge in [-0.3, -0.25) is 0 Å². The Labute approximate surface area is 142 Å². The van der Waals surface area contributed by atoms with Crippen molar-refractivity contribution in [3.8, 4) is 0 Å². The summed E-state index contributed by atoms with van der Waals surface area (Å²) in [4.78, 5) is 9.01. The third-order valence-electron chi connectivity index (χ3n) is 4.43. The van der Waals surface area contributed by atoms with E-state index in [1.54, 1.807) is 6.33 Å². The number of nitrogens with one attached hydrogen (secondary N) is 1. The van der Waals surface area contributed by atoms with E-state index in [0.717, 1.165) is 44.1 Å². The molecule has 23 heavy (non-hydrogen) atoms.